The van der Waals surface area contributed by atoms with Crippen molar-refractivity contribution in [3.05, 3.63) is 58.4 Å². The van der Waals surface area contributed by atoms with Crippen LogP contribution in [0.25, 0.3) is 11.0 Å². The summed E-state index contributed by atoms with van der Waals surface area (Å²) in [5.74, 6) is -0.169. The van der Waals surface area contributed by atoms with E-state index < -0.39 is 0 Å². The smallest absolute Gasteiger partial charge is 0.253 e. The van der Waals surface area contributed by atoms with Crippen LogP contribution >= 0.6 is 0 Å². The normalized spacial score (nSPS) is 10.8. The lowest BCUT2D eigenvalue weighted by atomic mass is 10.1. The molecular weight excluding hydrogens is 296 g/mol. The average Bonchev–Trinajstić information content (AvgIpc) is 2.93. The largest absolute Gasteiger partial charge is 0.356 e. The van der Waals surface area contributed by atoms with E-state index in [-0.39, 0.29) is 17.9 Å². The molecule has 0 saturated carbocycles. The Morgan fingerprint density at radius 3 is 3.00 bits per heavy atom. The van der Waals surface area contributed by atoms with Crippen molar-refractivity contribution in [3.63, 3.8) is 0 Å². The molecule has 0 spiro atoms. The second kappa shape index (κ2) is 6.43. The molecular formula is C16H16N4O3. The Kier molecular flexibility index (Phi) is 4.18. The Balaban J connectivity index is 1.56. The van der Waals surface area contributed by atoms with E-state index in [1.54, 1.807) is 13.0 Å². The molecule has 1 N–H and O–H groups in total. The summed E-state index contributed by atoms with van der Waals surface area (Å²) in [5.41, 5.74) is 1.81. The zero-order valence-electron chi connectivity index (χ0n) is 12.7. The third-order valence-electron chi connectivity index (χ3n) is 3.47. The van der Waals surface area contributed by atoms with Crippen molar-refractivity contribution >= 4 is 16.9 Å². The topological polar surface area (TPSA) is 90.0 Å². The predicted octanol–water partition coefficient (Wildman–Crippen LogP) is 1.05. The third-order valence-corrected chi connectivity index (χ3v) is 3.47. The highest BCUT2D eigenvalue weighted by Crippen LogP contribution is 2.17. The van der Waals surface area contributed by atoms with Gasteiger partial charge in [0.15, 0.2) is 5.58 Å². The quantitative estimate of drug-likeness (QED) is 0.760. The number of rotatable bonds is 5. The van der Waals surface area contributed by atoms with Crippen molar-refractivity contribution < 1.29 is 9.32 Å². The molecule has 0 aliphatic carbocycles. The number of benzene rings is 1. The Hall–Kier alpha value is -2.96. The first kappa shape index (κ1) is 15.0. The number of hydrogen-bond donors (Lipinski definition) is 1. The van der Waals surface area contributed by atoms with Crippen molar-refractivity contribution in [2.75, 3.05) is 6.54 Å². The summed E-state index contributed by atoms with van der Waals surface area (Å²) in [7, 11) is 0. The molecule has 2 heterocycles. The number of hydrogen-bond acceptors (Lipinski definition) is 5. The fourth-order valence-corrected chi connectivity index (χ4v) is 2.28. The molecule has 0 bridgehead atoms. The first-order valence-corrected chi connectivity index (χ1v) is 7.26. The number of para-hydroxylation sites is 1. The van der Waals surface area contributed by atoms with E-state index in [9.17, 15) is 9.59 Å². The van der Waals surface area contributed by atoms with Crippen LogP contribution in [0.4, 0.5) is 0 Å². The van der Waals surface area contributed by atoms with Crippen molar-refractivity contribution in [1.82, 2.24) is 20.0 Å². The van der Waals surface area contributed by atoms with E-state index in [1.165, 1.54) is 17.0 Å². The van der Waals surface area contributed by atoms with Gasteiger partial charge in [0.2, 0.25) is 5.91 Å². The number of aromatic nitrogens is 3. The Morgan fingerprint density at radius 1 is 1.35 bits per heavy atom. The molecule has 0 atom stereocenters. The SMILES string of the molecule is Cc1cc(=O)n(CCNC(=O)Cc2noc3ccccc23)cn1. The molecule has 3 rings (SSSR count). The van der Waals surface area contributed by atoms with Crippen LogP contribution < -0.4 is 10.9 Å². The summed E-state index contributed by atoms with van der Waals surface area (Å²) in [6, 6.07) is 8.86. The van der Waals surface area contributed by atoms with Gasteiger partial charge in [-0.2, -0.15) is 0 Å². The molecule has 1 amide bonds. The first-order chi connectivity index (χ1) is 11.1. The molecule has 0 unspecified atom stereocenters. The number of carbonyl (C=O) groups excluding carboxylic acids is 1. The van der Waals surface area contributed by atoms with E-state index in [2.05, 4.69) is 15.5 Å². The van der Waals surface area contributed by atoms with E-state index in [0.717, 1.165) is 5.39 Å². The summed E-state index contributed by atoms with van der Waals surface area (Å²) in [6.45, 7) is 2.48. The molecule has 7 nitrogen and oxygen atoms in total. The highest BCUT2D eigenvalue weighted by Gasteiger charge is 2.11. The minimum Gasteiger partial charge on any atom is -0.356 e. The lowest BCUT2D eigenvalue weighted by Gasteiger charge is -2.06. The molecule has 0 aliphatic rings. The van der Waals surface area contributed by atoms with E-state index in [0.29, 0.717) is 30.1 Å². The van der Waals surface area contributed by atoms with Gasteiger partial charge in [-0.05, 0) is 19.1 Å². The van der Waals surface area contributed by atoms with Gasteiger partial charge in [-0.3, -0.25) is 14.2 Å². The van der Waals surface area contributed by atoms with Crippen LogP contribution in [0.1, 0.15) is 11.4 Å². The second-order valence-corrected chi connectivity index (χ2v) is 5.21. The molecule has 0 saturated heterocycles. The molecule has 7 heteroatoms. The van der Waals surface area contributed by atoms with Gasteiger partial charge in [-0.25, -0.2) is 4.98 Å². The summed E-state index contributed by atoms with van der Waals surface area (Å²) in [4.78, 5) is 27.8. The lowest BCUT2D eigenvalue weighted by Crippen LogP contribution is -2.31. The maximum atomic E-state index is 12.0. The predicted molar refractivity (Wildman–Crippen MR) is 84.0 cm³/mol. The van der Waals surface area contributed by atoms with Crippen LogP contribution in [0.5, 0.6) is 0 Å². The highest BCUT2D eigenvalue weighted by molar-refractivity contribution is 5.86. The van der Waals surface area contributed by atoms with Crippen LogP contribution in [0.15, 0.2) is 46.0 Å². The number of nitrogens with zero attached hydrogens (tertiary/aromatic N) is 3. The zero-order valence-corrected chi connectivity index (χ0v) is 12.7. The Labute approximate surface area is 131 Å². The van der Waals surface area contributed by atoms with Gasteiger partial charge in [-0.1, -0.05) is 17.3 Å². The van der Waals surface area contributed by atoms with Crippen molar-refractivity contribution in [3.8, 4) is 0 Å². The molecule has 0 fully saturated rings. The van der Waals surface area contributed by atoms with Gasteiger partial charge in [0.25, 0.3) is 5.56 Å². The first-order valence-electron chi connectivity index (χ1n) is 7.26. The number of amides is 1. The van der Waals surface area contributed by atoms with Crippen molar-refractivity contribution in [2.45, 2.75) is 19.9 Å². The maximum absolute atomic E-state index is 12.0. The molecule has 23 heavy (non-hydrogen) atoms. The van der Waals surface area contributed by atoms with E-state index >= 15 is 0 Å². The highest BCUT2D eigenvalue weighted by atomic mass is 16.5. The number of nitrogens with one attached hydrogen (secondary N) is 1. The lowest BCUT2D eigenvalue weighted by molar-refractivity contribution is -0.120. The number of carbonyl (C=O) groups is 1. The maximum Gasteiger partial charge on any atom is 0.253 e. The summed E-state index contributed by atoms with van der Waals surface area (Å²) in [6.07, 6.45) is 1.62. The molecule has 0 radical (unpaired) electrons. The molecule has 118 valence electrons. The van der Waals surface area contributed by atoms with Crippen LogP contribution in [0.3, 0.4) is 0 Å². The number of aryl methyl sites for hydroxylation is 1. The summed E-state index contributed by atoms with van der Waals surface area (Å²) >= 11 is 0. The van der Waals surface area contributed by atoms with Gasteiger partial charge in [-0.15, -0.1) is 0 Å². The monoisotopic (exact) mass is 312 g/mol. The molecule has 1 aromatic carbocycles. The van der Waals surface area contributed by atoms with Crippen LogP contribution in [-0.2, 0) is 17.8 Å². The van der Waals surface area contributed by atoms with Gasteiger partial charge in [0, 0.05) is 30.2 Å². The molecule has 3 aromatic rings. The zero-order chi connectivity index (χ0) is 16.2. The summed E-state index contributed by atoms with van der Waals surface area (Å²) in [5, 5.41) is 7.53. The van der Waals surface area contributed by atoms with Gasteiger partial charge in [0.05, 0.1) is 12.7 Å². The van der Waals surface area contributed by atoms with Crippen molar-refractivity contribution in [1.29, 1.82) is 0 Å². The van der Waals surface area contributed by atoms with Crippen LogP contribution in [0, 0.1) is 6.92 Å². The Morgan fingerprint density at radius 2 is 2.17 bits per heavy atom. The van der Waals surface area contributed by atoms with E-state index in [1.807, 2.05) is 18.2 Å². The van der Waals surface area contributed by atoms with Gasteiger partial charge in [0.1, 0.15) is 5.69 Å². The standard InChI is InChI=1S/C16H16N4O3/c1-11-8-16(22)20(10-18-11)7-6-17-15(21)9-13-12-4-2-3-5-14(12)23-19-13/h2-5,8,10H,6-7,9H2,1H3,(H,17,21). The minimum absolute atomic E-state index is 0.130. The third kappa shape index (κ3) is 3.45. The number of fused-ring (bicyclic) bond motifs is 1. The van der Waals surface area contributed by atoms with Crippen molar-refractivity contribution in [2.24, 2.45) is 0 Å². The summed E-state index contributed by atoms with van der Waals surface area (Å²) < 4.78 is 6.62. The molecule has 2 aromatic heterocycles. The average molecular weight is 312 g/mol. The minimum atomic E-state index is -0.169. The fourth-order valence-electron chi connectivity index (χ4n) is 2.28. The van der Waals surface area contributed by atoms with Gasteiger partial charge >= 0.3 is 0 Å². The van der Waals surface area contributed by atoms with Gasteiger partial charge < -0.3 is 9.84 Å². The van der Waals surface area contributed by atoms with E-state index in [4.69, 9.17) is 4.52 Å². The second-order valence-electron chi connectivity index (χ2n) is 5.21. The Bertz CT molecular complexity index is 897. The fraction of sp³-hybridized carbons (Fsp3) is 0.250. The van der Waals surface area contributed by atoms with Crippen LogP contribution in [0.2, 0.25) is 0 Å². The molecule has 0 aliphatic heterocycles. The van der Waals surface area contributed by atoms with Crippen LogP contribution in [-0.4, -0.2) is 27.2 Å².